The first kappa shape index (κ1) is 36.2. The third-order valence-electron chi connectivity index (χ3n) is 8.05. The molecule has 8 nitrogen and oxygen atoms in total. The number of amides is 1. The Kier molecular flexibility index (Phi) is 10.4. The van der Waals surface area contributed by atoms with E-state index in [2.05, 4.69) is 5.32 Å². The van der Waals surface area contributed by atoms with Gasteiger partial charge in [0, 0.05) is 30.4 Å². The van der Waals surface area contributed by atoms with E-state index in [0.29, 0.717) is 29.7 Å². The summed E-state index contributed by atoms with van der Waals surface area (Å²) in [4.78, 5) is 38.9. The minimum Gasteiger partial charge on any atom is -0.493 e. The van der Waals surface area contributed by atoms with Crippen molar-refractivity contribution in [3.8, 4) is 16.9 Å². The predicted molar refractivity (Wildman–Crippen MR) is 158 cm³/mol. The minimum atomic E-state index is -4.89. The van der Waals surface area contributed by atoms with Gasteiger partial charge in [0.25, 0.3) is 11.5 Å². The summed E-state index contributed by atoms with van der Waals surface area (Å²) in [6.07, 6.45) is -9.75. The van der Waals surface area contributed by atoms with Crippen molar-refractivity contribution >= 4 is 17.6 Å². The van der Waals surface area contributed by atoms with Crippen molar-refractivity contribution in [2.24, 2.45) is 7.05 Å². The summed E-state index contributed by atoms with van der Waals surface area (Å²) in [6.45, 7) is 2.68. The van der Waals surface area contributed by atoms with Gasteiger partial charge in [-0.05, 0) is 55.5 Å². The summed E-state index contributed by atoms with van der Waals surface area (Å²) in [5.74, 6) is -5.50. The predicted octanol–water partition coefficient (Wildman–Crippen LogP) is 6.25. The molecule has 2 N–H and O–H groups in total. The van der Waals surface area contributed by atoms with Crippen LogP contribution < -0.4 is 20.9 Å². The molecule has 0 saturated carbocycles. The first-order valence-corrected chi connectivity index (χ1v) is 14.7. The van der Waals surface area contributed by atoms with Gasteiger partial charge >= 0.3 is 18.3 Å². The molecule has 2 aromatic carbocycles. The molecule has 0 unspecified atom stereocenters. The van der Waals surface area contributed by atoms with Gasteiger partial charge in [0.2, 0.25) is 0 Å². The number of fused-ring (bicyclic) bond motifs is 1. The van der Waals surface area contributed by atoms with Crippen LogP contribution in [0.1, 0.15) is 52.5 Å². The summed E-state index contributed by atoms with van der Waals surface area (Å²) >= 11 is 0. The Morgan fingerprint density at radius 2 is 1.71 bits per heavy atom. The molecule has 48 heavy (non-hydrogen) atoms. The van der Waals surface area contributed by atoms with Crippen LogP contribution in [0, 0.1) is 18.6 Å². The molecule has 16 heteroatoms. The fourth-order valence-electron chi connectivity index (χ4n) is 5.50. The quantitative estimate of drug-likeness (QED) is 0.204. The number of nitrogens with one attached hydrogen (secondary N) is 2. The van der Waals surface area contributed by atoms with Crippen LogP contribution in [0.5, 0.6) is 5.75 Å². The zero-order valence-corrected chi connectivity index (χ0v) is 26.1. The van der Waals surface area contributed by atoms with Crippen molar-refractivity contribution < 1.29 is 54.2 Å². The minimum absolute atomic E-state index is 0.0236. The lowest BCUT2D eigenvalue weighted by molar-refractivity contribution is -0.143. The smallest absolute Gasteiger partial charge is 0.417 e. The average Bonchev–Trinajstić information content (AvgIpc) is 3.00. The van der Waals surface area contributed by atoms with Gasteiger partial charge in [-0.15, -0.1) is 0 Å². The summed E-state index contributed by atoms with van der Waals surface area (Å²) in [7, 11) is 2.31. The van der Waals surface area contributed by atoms with Gasteiger partial charge in [-0.1, -0.05) is 19.1 Å². The van der Waals surface area contributed by atoms with Crippen molar-refractivity contribution in [3.05, 3.63) is 80.3 Å². The van der Waals surface area contributed by atoms with E-state index in [9.17, 15) is 49.5 Å². The van der Waals surface area contributed by atoms with Crippen LogP contribution in [-0.2, 0) is 35.6 Å². The van der Waals surface area contributed by atoms with Crippen LogP contribution >= 0.6 is 0 Å². The van der Waals surface area contributed by atoms with Crippen molar-refractivity contribution in [3.63, 3.8) is 0 Å². The van der Waals surface area contributed by atoms with Gasteiger partial charge in [-0.3, -0.25) is 9.59 Å². The van der Waals surface area contributed by atoms with E-state index < -0.39 is 82.3 Å². The van der Waals surface area contributed by atoms with E-state index in [1.54, 1.807) is 0 Å². The summed E-state index contributed by atoms with van der Waals surface area (Å²) in [6, 6.07) is 0.761. The number of aromatic nitrogens is 1. The number of ether oxygens (including phenoxy) is 2. The molecular weight excluding hydrogens is 658 g/mol. The lowest BCUT2D eigenvalue weighted by atomic mass is 9.89. The van der Waals surface area contributed by atoms with E-state index in [-0.39, 0.29) is 36.5 Å². The normalized spacial score (nSPS) is 14.4. The lowest BCUT2D eigenvalue weighted by Crippen LogP contribution is -2.44. The maximum atomic E-state index is 14.9. The average molecular weight is 690 g/mol. The summed E-state index contributed by atoms with van der Waals surface area (Å²) < 4.78 is 123. The number of pyridine rings is 1. The lowest BCUT2D eigenvalue weighted by Gasteiger charge is -2.26. The van der Waals surface area contributed by atoms with Gasteiger partial charge in [-0.2, -0.15) is 26.3 Å². The molecular formula is C32H31F8N3O5. The fourth-order valence-corrected chi connectivity index (χ4v) is 5.50. The Hall–Kier alpha value is -4.63. The Morgan fingerprint density at radius 3 is 2.27 bits per heavy atom. The molecule has 0 bridgehead atoms. The van der Waals surface area contributed by atoms with Gasteiger partial charge < -0.3 is 24.7 Å². The number of carbonyl (C=O) groups excluding carboxylic acids is 2. The maximum Gasteiger partial charge on any atom is 0.417 e. The topological polar surface area (TPSA) is 98.7 Å². The molecule has 260 valence electrons. The van der Waals surface area contributed by atoms with Crippen LogP contribution in [0.15, 0.2) is 35.1 Å². The first-order chi connectivity index (χ1) is 22.4. The second-order valence-electron chi connectivity index (χ2n) is 11.2. The molecule has 2 heterocycles. The van der Waals surface area contributed by atoms with Crippen LogP contribution in [0.25, 0.3) is 11.1 Å². The van der Waals surface area contributed by atoms with E-state index in [1.807, 2.05) is 5.32 Å². The number of anilines is 1. The molecule has 3 aromatic rings. The first-order valence-electron chi connectivity index (χ1n) is 14.7. The third kappa shape index (κ3) is 7.41. The van der Waals surface area contributed by atoms with Crippen molar-refractivity contribution in [1.29, 1.82) is 0 Å². The highest BCUT2D eigenvalue weighted by Crippen LogP contribution is 2.43. The number of methoxy groups -OCH3 is 1. The zero-order chi connectivity index (χ0) is 35.7. The number of carbonyl (C=O) groups is 2. The van der Waals surface area contributed by atoms with Gasteiger partial charge in [0.1, 0.15) is 35.0 Å². The standard InChI is InChI=1S/C32H31F8N3O5/c1-5-24(32(38,39)40)41-17-13-21(33)26(22(34)14-17)28(44)42-23(30(46)47-4)12-16-8-9-19(27-18(16)7-6-10-48-27)25-20(31(35,36)37)11-15(2)43(3)29(25)45/h8-9,11,13-14,23-24,41H,5-7,10,12H2,1-4H3,(H,42,44)/t23-,24+/m0/s1. The van der Waals surface area contributed by atoms with Crippen LogP contribution in [0.4, 0.5) is 40.8 Å². The molecule has 1 aromatic heterocycles. The Morgan fingerprint density at radius 1 is 1.06 bits per heavy atom. The van der Waals surface area contributed by atoms with Gasteiger partial charge in [-0.25, -0.2) is 13.6 Å². The van der Waals surface area contributed by atoms with E-state index in [1.165, 1.54) is 33.0 Å². The third-order valence-corrected chi connectivity index (χ3v) is 8.05. The molecule has 0 saturated heterocycles. The SMILES string of the molecule is CC[C@@H](Nc1cc(F)c(C(=O)N[C@@H](Cc2ccc(-c3c(C(F)(F)F)cc(C)n(C)c3=O)c3c2CCCO3)C(=O)OC)c(F)c1)C(F)(F)F. The highest BCUT2D eigenvalue weighted by molar-refractivity contribution is 5.97. The molecule has 1 aliphatic heterocycles. The number of hydrogen-bond acceptors (Lipinski definition) is 6. The molecule has 0 aliphatic carbocycles. The largest absolute Gasteiger partial charge is 0.493 e. The van der Waals surface area contributed by atoms with Gasteiger partial charge in [0.15, 0.2) is 0 Å². The Balaban J connectivity index is 1.71. The Bertz CT molecular complexity index is 1760. The van der Waals surface area contributed by atoms with E-state index in [0.717, 1.165) is 17.7 Å². The number of alkyl halides is 6. The molecule has 1 amide bonds. The second-order valence-corrected chi connectivity index (χ2v) is 11.2. The molecule has 0 fully saturated rings. The molecule has 1 aliphatic rings. The number of benzene rings is 2. The van der Waals surface area contributed by atoms with Crippen LogP contribution in [0.2, 0.25) is 0 Å². The highest BCUT2D eigenvalue weighted by atomic mass is 19.4. The van der Waals surface area contributed by atoms with Gasteiger partial charge in [0.05, 0.1) is 24.8 Å². The van der Waals surface area contributed by atoms with Crippen molar-refractivity contribution in [2.75, 3.05) is 19.0 Å². The zero-order valence-electron chi connectivity index (χ0n) is 26.1. The molecule has 0 spiro atoms. The molecule has 0 radical (unpaired) electrons. The fraction of sp³-hybridized carbons (Fsp3) is 0.406. The number of rotatable bonds is 9. The summed E-state index contributed by atoms with van der Waals surface area (Å²) in [5.41, 5.74) is -3.87. The number of nitrogens with zero attached hydrogens (tertiary/aromatic N) is 1. The monoisotopic (exact) mass is 689 g/mol. The second kappa shape index (κ2) is 13.8. The van der Waals surface area contributed by atoms with E-state index >= 15 is 0 Å². The molecule has 4 rings (SSSR count). The molecule has 2 atom stereocenters. The van der Waals surface area contributed by atoms with Crippen LogP contribution in [-0.4, -0.2) is 48.4 Å². The summed E-state index contributed by atoms with van der Waals surface area (Å²) in [5, 5.41) is 4.16. The maximum absolute atomic E-state index is 14.9. The highest BCUT2D eigenvalue weighted by Gasteiger charge is 2.39. The van der Waals surface area contributed by atoms with Crippen LogP contribution in [0.3, 0.4) is 0 Å². The number of hydrogen-bond donors (Lipinski definition) is 2. The van der Waals surface area contributed by atoms with Crippen molar-refractivity contribution in [2.45, 2.75) is 64.0 Å². The van der Waals surface area contributed by atoms with E-state index in [4.69, 9.17) is 9.47 Å². The number of halogens is 8. The Labute approximate surface area is 269 Å². The van der Waals surface area contributed by atoms with Crippen molar-refractivity contribution in [1.82, 2.24) is 9.88 Å². The number of esters is 1. The number of aryl methyl sites for hydroxylation is 1.